The molecule has 0 spiro atoms. The van der Waals surface area contributed by atoms with E-state index >= 15 is 0 Å². The van der Waals surface area contributed by atoms with Gasteiger partial charge >= 0.3 is 0 Å². The first kappa shape index (κ1) is 14.8. The van der Waals surface area contributed by atoms with E-state index in [0.717, 1.165) is 39.0 Å². The molecule has 0 radical (unpaired) electrons. The van der Waals surface area contributed by atoms with Gasteiger partial charge in [-0.3, -0.25) is 9.69 Å². The van der Waals surface area contributed by atoms with Crippen LogP contribution in [0.3, 0.4) is 0 Å². The van der Waals surface area contributed by atoms with Crippen LogP contribution in [0.2, 0.25) is 0 Å². The van der Waals surface area contributed by atoms with E-state index < -0.39 is 0 Å². The van der Waals surface area contributed by atoms with E-state index in [0.29, 0.717) is 24.4 Å². The molecule has 4 nitrogen and oxygen atoms in total. The fraction of sp³-hybridized carbons (Fsp3) is 0.933. The molecule has 0 aromatic carbocycles. The van der Waals surface area contributed by atoms with E-state index in [-0.39, 0.29) is 5.91 Å². The lowest BCUT2D eigenvalue weighted by molar-refractivity contribution is -0.121. The van der Waals surface area contributed by atoms with Crippen LogP contribution in [0.5, 0.6) is 0 Å². The van der Waals surface area contributed by atoms with Crippen molar-refractivity contribution < 1.29 is 4.79 Å². The van der Waals surface area contributed by atoms with Crippen LogP contribution in [-0.2, 0) is 4.79 Å². The van der Waals surface area contributed by atoms with Gasteiger partial charge in [0, 0.05) is 38.1 Å². The Kier molecular flexibility index (Phi) is 5.64. The zero-order valence-electron chi connectivity index (χ0n) is 12.5. The maximum atomic E-state index is 11.8. The van der Waals surface area contributed by atoms with E-state index in [2.05, 4.69) is 29.4 Å². The molecule has 4 heteroatoms. The highest BCUT2D eigenvalue weighted by Gasteiger charge is 2.27. The number of carbonyl (C=O) groups is 1. The number of hydrogen-bond acceptors (Lipinski definition) is 3. The van der Waals surface area contributed by atoms with Gasteiger partial charge < -0.3 is 10.6 Å². The summed E-state index contributed by atoms with van der Waals surface area (Å²) >= 11 is 0. The molecular formula is C15H29N3O. The third-order valence-corrected chi connectivity index (χ3v) is 4.19. The molecule has 2 saturated heterocycles. The quantitative estimate of drug-likeness (QED) is 0.790. The maximum absolute atomic E-state index is 11.8. The molecule has 110 valence electrons. The molecule has 2 rings (SSSR count). The molecule has 0 aromatic heterocycles. The van der Waals surface area contributed by atoms with Crippen molar-refractivity contribution in [3.8, 4) is 0 Å². The van der Waals surface area contributed by atoms with Crippen molar-refractivity contribution in [2.75, 3.05) is 26.2 Å². The van der Waals surface area contributed by atoms with E-state index in [1.807, 2.05) is 0 Å². The first-order valence-corrected chi connectivity index (χ1v) is 7.89. The lowest BCUT2D eigenvalue weighted by Gasteiger charge is -2.34. The predicted molar refractivity (Wildman–Crippen MR) is 78.1 cm³/mol. The minimum atomic E-state index is 0.232. The number of nitrogens with zero attached hydrogens (tertiary/aromatic N) is 1. The van der Waals surface area contributed by atoms with Gasteiger partial charge in [0.25, 0.3) is 0 Å². The van der Waals surface area contributed by atoms with Crippen molar-refractivity contribution in [1.82, 2.24) is 15.5 Å². The minimum Gasteiger partial charge on any atom is -0.356 e. The molecule has 2 aliphatic heterocycles. The number of nitrogens with one attached hydrogen (secondary N) is 2. The van der Waals surface area contributed by atoms with E-state index in [4.69, 9.17) is 0 Å². The summed E-state index contributed by atoms with van der Waals surface area (Å²) in [5.41, 5.74) is 0. The second-order valence-electron chi connectivity index (χ2n) is 6.49. The van der Waals surface area contributed by atoms with Crippen molar-refractivity contribution in [3.05, 3.63) is 0 Å². The van der Waals surface area contributed by atoms with Crippen molar-refractivity contribution in [1.29, 1.82) is 0 Å². The van der Waals surface area contributed by atoms with Crippen LogP contribution in [0.4, 0.5) is 0 Å². The lowest BCUT2D eigenvalue weighted by Crippen LogP contribution is -2.46. The highest BCUT2D eigenvalue weighted by molar-refractivity contribution is 5.76. The summed E-state index contributed by atoms with van der Waals surface area (Å²) < 4.78 is 0. The zero-order valence-corrected chi connectivity index (χ0v) is 12.5. The SMILES string of the molecule is CC(C)CN(CC1CCCN1)C1CCCNC(=O)C1. The summed E-state index contributed by atoms with van der Waals surface area (Å²) in [6.07, 6.45) is 5.53. The molecule has 0 saturated carbocycles. The van der Waals surface area contributed by atoms with Crippen molar-refractivity contribution >= 4 is 5.91 Å². The first-order valence-electron chi connectivity index (χ1n) is 7.89. The number of carbonyl (C=O) groups excluding carboxylic acids is 1. The molecule has 2 atom stereocenters. The van der Waals surface area contributed by atoms with Crippen LogP contribution in [0, 0.1) is 5.92 Å². The normalized spacial score (nSPS) is 28.7. The van der Waals surface area contributed by atoms with E-state index in [1.54, 1.807) is 0 Å². The average molecular weight is 267 g/mol. The molecular weight excluding hydrogens is 238 g/mol. The molecule has 2 heterocycles. The molecule has 0 bridgehead atoms. The van der Waals surface area contributed by atoms with Gasteiger partial charge in [0.15, 0.2) is 0 Å². The fourth-order valence-corrected chi connectivity index (χ4v) is 3.30. The van der Waals surface area contributed by atoms with E-state index in [1.165, 1.54) is 12.8 Å². The average Bonchev–Trinajstić information content (AvgIpc) is 2.75. The first-order chi connectivity index (χ1) is 9.15. The summed E-state index contributed by atoms with van der Waals surface area (Å²) in [6.45, 7) is 8.77. The number of rotatable bonds is 5. The third-order valence-electron chi connectivity index (χ3n) is 4.19. The van der Waals surface area contributed by atoms with Gasteiger partial charge in [-0.25, -0.2) is 0 Å². The predicted octanol–water partition coefficient (Wildman–Crippen LogP) is 1.37. The van der Waals surface area contributed by atoms with Crippen LogP contribution in [-0.4, -0.2) is 49.1 Å². The Balaban J connectivity index is 1.95. The van der Waals surface area contributed by atoms with Crippen LogP contribution < -0.4 is 10.6 Å². The zero-order chi connectivity index (χ0) is 13.7. The Labute approximate surface area is 117 Å². The van der Waals surface area contributed by atoms with Crippen molar-refractivity contribution in [2.45, 2.75) is 58.0 Å². The van der Waals surface area contributed by atoms with Gasteiger partial charge in [-0.2, -0.15) is 0 Å². The topological polar surface area (TPSA) is 44.4 Å². The summed E-state index contributed by atoms with van der Waals surface area (Å²) in [5.74, 6) is 0.892. The number of hydrogen-bond donors (Lipinski definition) is 2. The Morgan fingerprint density at radius 3 is 2.74 bits per heavy atom. The minimum absolute atomic E-state index is 0.232. The molecule has 0 aromatic rings. The molecule has 1 amide bonds. The van der Waals surface area contributed by atoms with Gasteiger partial charge in [0.2, 0.25) is 5.91 Å². The smallest absolute Gasteiger partial charge is 0.221 e. The van der Waals surface area contributed by atoms with Crippen LogP contribution >= 0.6 is 0 Å². The Morgan fingerprint density at radius 1 is 1.26 bits per heavy atom. The largest absolute Gasteiger partial charge is 0.356 e. The van der Waals surface area contributed by atoms with Gasteiger partial charge in [-0.1, -0.05) is 13.8 Å². The summed E-state index contributed by atoms with van der Waals surface area (Å²) in [5, 5.41) is 6.58. The summed E-state index contributed by atoms with van der Waals surface area (Å²) in [4.78, 5) is 14.3. The lowest BCUT2D eigenvalue weighted by atomic mass is 10.0. The maximum Gasteiger partial charge on any atom is 0.221 e. The van der Waals surface area contributed by atoms with Gasteiger partial charge in [-0.15, -0.1) is 0 Å². The van der Waals surface area contributed by atoms with Crippen molar-refractivity contribution in [3.63, 3.8) is 0 Å². The molecule has 2 unspecified atom stereocenters. The van der Waals surface area contributed by atoms with Gasteiger partial charge in [0.1, 0.15) is 0 Å². The molecule has 2 N–H and O–H groups in total. The second kappa shape index (κ2) is 7.25. The molecule has 19 heavy (non-hydrogen) atoms. The molecule has 2 fully saturated rings. The van der Waals surface area contributed by atoms with Crippen molar-refractivity contribution in [2.24, 2.45) is 5.92 Å². The Bertz CT molecular complexity index is 287. The number of amides is 1. The highest BCUT2D eigenvalue weighted by Crippen LogP contribution is 2.18. The van der Waals surface area contributed by atoms with E-state index in [9.17, 15) is 4.79 Å². The third kappa shape index (κ3) is 4.77. The molecule has 0 aliphatic carbocycles. The van der Waals surface area contributed by atoms with Crippen LogP contribution in [0.15, 0.2) is 0 Å². The molecule has 2 aliphatic rings. The van der Waals surface area contributed by atoms with Gasteiger partial charge in [-0.05, 0) is 38.1 Å². The monoisotopic (exact) mass is 267 g/mol. The Morgan fingerprint density at radius 2 is 2.05 bits per heavy atom. The fourth-order valence-electron chi connectivity index (χ4n) is 3.30. The van der Waals surface area contributed by atoms with Gasteiger partial charge in [0.05, 0.1) is 0 Å². The highest BCUT2D eigenvalue weighted by atomic mass is 16.1. The Hall–Kier alpha value is -0.610. The standard InChI is InChI=1S/C15H29N3O/c1-12(2)10-18(11-13-5-3-7-16-13)14-6-4-8-17-15(19)9-14/h12-14,16H,3-11H2,1-2H3,(H,17,19). The summed E-state index contributed by atoms with van der Waals surface area (Å²) in [7, 11) is 0. The van der Waals surface area contributed by atoms with Crippen LogP contribution in [0.1, 0.15) is 46.0 Å². The summed E-state index contributed by atoms with van der Waals surface area (Å²) in [6, 6.07) is 1.07. The van der Waals surface area contributed by atoms with Crippen LogP contribution in [0.25, 0.3) is 0 Å². The second-order valence-corrected chi connectivity index (χ2v) is 6.49.